The molecular weight excluding hydrogens is 315 g/mol. The maximum absolute atomic E-state index is 12.4. The highest BCUT2D eigenvalue weighted by atomic mass is 28.3. The van der Waals surface area contributed by atoms with Gasteiger partial charge in [0.1, 0.15) is 0 Å². The van der Waals surface area contributed by atoms with Crippen LogP contribution in [0.4, 0.5) is 13.2 Å². The van der Waals surface area contributed by atoms with Crippen LogP contribution in [0.1, 0.15) is 40.5 Å². The molecule has 0 bridgehead atoms. The van der Waals surface area contributed by atoms with E-state index in [1.165, 1.54) is 0 Å². The maximum Gasteiger partial charge on any atom is 0.471 e. The molecule has 1 aliphatic heterocycles. The second-order valence-electron chi connectivity index (χ2n) is 7.11. The smallest absolute Gasteiger partial charge is 0.393 e. The molecule has 1 fully saturated rings. The Hall–Kier alpha value is -0.603. The molecule has 1 heterocycles. The van der Waals surface area contributed by atoms with Gasteiger partial charge in [-0.3, -0.25) is 4.79 Å². The molecule has 8 heteroatoms. The molecular formula is C14H26F3NO3Si. The van der Waals surface area contributed by atoms with Gasteiger partial charge in [-0.25, -0.2) is 0 Å². The minimum atomic E-state index is -4.88. The first-order valence-electron chi connectivity index (χ1n) is 7.52. The van der Waals surface area contributed by atoms with Crippen LogP contribution in [0, 0.1) is 5.41 Å². The summed E-state index contributed by atoms with van der Waals surface area (Å²) in [6.45, 7) is 11.7. The van der Waals surface area contributed by atoms with Crippen LogP contribution in [-0.2, 0) is 14.0 Å². The van der Waals surface area contributed by atoms with Crippen molar-refractivity contribution in [1.82, 2.24) is 5.32 Å². The third-order valence-electron chi connectivity index (χ3n) is 3.87. The Balaban J connectivity index is 2.84. The molecule has 0 saturated carbocycles. The average Bonchev–Trinajstić information content (AvgIpc) is 2.29. The SMILES string of the molecule is C[C@@H]1O[C@](O[SiH](C)C)(C(C)(C)C)CC[C@@H]1NC(=O)C(F)(F)F. The van der Waals surface area contributed by atoms with E-state index in [9.17, 15) is 18.0 Å². The van der Waals surface area contributed by atoms with Gasteiger partial charge in [0, 0.05) is 11.8 Å². The van der Waals surface area contributed by atoms with Crippen LogP contribution < -0.4 is 5.32 Å². The van der Waals surface area contributed by atoms with Gasteiger partial charge in [-0.15, -0.1) is 0 Å². The monoisotopic (exact) mass is 341 g/mol. The van der Waals surface area contributed by atoms with Crippen LogP contribution >= 0.6 is 0 Å². The molecule has 0 spiro atoms. The van der Waals surface area contributed by atoms with Gasteiger partial charge in [0.25, 0.3) is 0 Å². The first-order chi connectivity index (χ1) is 9.78. The lowest BCUT2D eigenvalue weighted by Crippen LogP contribution is -2.60. The van der Waals surface area contributed by atoms with Crippen molar-refractivity contribution in [3.8, 4) is 0 Å². The fourth-order valence-corrected chi connectivity index (χ4v) is 3.95. The van der Waals surface area contributed by atoms with Gasteiger partial charge in [-0.1, -0.05) is 20.8 Å². The fraction of sp³-hybridized carbons (Fsp3) is 0.929. The van der Waals surface area contributed by atoms with E-state index in [4.69, 9.17) is 9.16 Å². The Bertz CT molecular complexity index is 409. The molecule has 1 amide bonds. The summed E-state index contributed by atoms with van der Waals surface area (Å²) >= 11 is 0. The van der Waals surface area contributed by atoms with Crippen molar-refractivity contribution < 1.29 is 27.1 Å². The summed E-state index contributed by atoms with van der Waals surface area (Å²) in [6, 6.07) is -0.665. The van der Waals surface area contributed by atoms with Crippen LogP contribution in [0.3, 0.4) is 0 Å². The van der Waals surface area contributed by atoms with Crippen LogP contribution in [-0.4, -0.2) is 39.1 Å². The van der Waals surface area contributed by atoms with Gasteiger partial charge in [-0.05, 0) is 26.4 Å². The minimum Gasteiger partial charge on any atom is -0.393 e. The summed E-state index contributed by atoms with van der Waals surface area (Å²) in [6.07, 6.45) is -4.58. The number of carbonyl (C=O) groups is 1. The molecule has 3 atom stereocenters. The van der Waals surface area contributed by atoms with Crippen molar-refractivity contribution in [3.05, 3.63) is 0 Å². The molecule has 4 nitrogen and oxygen atoms in total. The number of amides is 1. The summed E-state index contributed by atoms with van der Waals surface area (Å²) in [4.78, 5) is 11.1. The number of carbonyl (C=O) groups excluding carboxylic acids is 1. The molecule has 0 radical (unpaired) electrons. The van der Waals surface area contributed by atoms with Gasteiger partial charge < -0.3 is 14.5 Å². The Morgan fingerprint density at radius 3 is 2.23 bits per heavy atom. The second kappa shape index (κ2) is 6.49. The highest BCUT2D eigenvalue weighted by Gasteiger charge is 2.51. The van der Waals surface area contributed by atoms with Crippen molar-refractivity contribution in [2.24, 2.45) is 5.41 Å². The number of hydrogen-bond donors (Lipinski definition) is 1. The normalized spacial score (nSPS) is 30.5. The van der Waals surface area contributed by atoms with Gasteiger partial charge in [0.2, 0.25) is 0 Å². The van der Waals surface area contributed by atoms with Crippen LogP contribution in [0.2, 0.25) is 13.1 Å². The molecule has 0 aromatic carbocycles. The molecule has 1 saturated heterocycles. The average molecular weight is 341 g/mol. The zero-order valence-electron chi connectivity index (χ0n) is 14.0. The summed E-state index contributed by atoms with van der Waals surface area (Å²) < 4.78 is 49.2. The van der Waals surface area contributed by atoms with E-state index in [0.717, 1.165) is 0 Å². The third-order valence-corrected chi connectivity index (χ3v) is 4.72. The van der Waals surface area contributed by atoms with E-state index in [2.05, 4.69) is 0 Å². The Kier molecular flexibility index (Phi) is 5.73. The number of ether oxygens (including phenoxy) is 1. The summed E-state index contributed by atoms with van der Waals surface area (Å²) in [5, 5.41) is 2.02. The molecule has 22 heavy (non-hydrogen) atoms. The van der Waals surface area contributed by atoms with E-state index in [0.29, 0.717) is 12.8 Å². The van der Waals surface area contributed by atoms with Gasteiger partial charge in [0.15, 0.2) is 14.8 Å². The zero-order valence-corrected chi connectivity index (χ0v) is 15.2. The van der Waals surface area contributed by atoms with Crippen molar-refractivity contribution >= 4 is 14.9 Å². The van der Waals surface area contributed by atoms with Crippen LogP contribution in [0.15, 0.2) is 0 Å². The van der Waals surface area contributed by atoms with E-state index in [1.54, 1.807) is 6.92 Å². The summed E-state index contributed by atoms with van der Waals surface area (Å²) in [5.41, 5.74) is -0.308. The molecule has 0 aromatic rings. The fourth-order valence-electron chi connectivity index (χ4n) is 2.66. The highest BCUT2D eigenvalue weighted by Crippen LogP contribution is 2.44. The summed E-state index contributed by atoms with van der Waals surface area (Å²) in [5.74, 6) is -2.73. The van der Waals surface area contributed by atoms with Crippen molar-refractivity contribution in [2.45, 2.75) is 77.7 Å². The lowest BCUT2D eigenvalue weighted by atomic mass is 9.79. The van der Waals surface area contributed by atoms with E-state index < -0.39 is 39.1 Å². The topological polar surface area (TPSA) is 47.6 Å². The highest BCUT2D eigenvalue weighted by molar-refractivity contribution is 6.48. The van der Waals surface area contributed by atoms with Crippen molar-refractivity contribution in [2.75, 3.05) is 0 Å². The quantitative estimate of drug-likeness (QED) is 0.803. The van der Waals surface area contributed by atoms with Gasteiger partial charge >= 0.3 is 12.1 Å². The number of nitrogens with one attached hydrogen (secondary N) is 1. The molecule has 130 valence electrons. The number of hydrogen-bond acceptors (Lipinski definition) is 3. The minimum absolute atomic E-state index is 0.308. The molecule has 1 rings (SSSR count). The maximum atomic E-state index is 12.4. The zero-order chi connectivity index (χ0) is 17.3. The summed E-state index contributed by atoms with van der Waals surface area (Å²) in [7, 11) is -1.41. The second-order valence-corrected chi connectivity index (χ2v) is 9.44. The predicted octanol–water partition coefficient (Wildman–Crippen LogP) is 2.97. The number of halogens is 3. The molecule has 1 N–H and O–H groups in total. The Morgan fingerprint density at radius 1 is 1.32 bits per heavy atom. The lowest BCUT2D eigenvalue weighted by molar-refractivity contribution is -0.290. The predicted molar refractivity (Wildman–Crippen MR) is 79.9 cm³/mol. The van der Waals surface area contributed by atoms with Crippen LogP contribution in [0.25, 0.3) is 0 Å². The van der Waals surface area contributed by atoms with Crippen molar-refractivity contribution in [1.29, 1.82) is 0 Å². The molecule has 0 unspecified atom stereocenters. The van der Waals surface area contributed by atoms with Crippen LogP contribution in [0.5, 0.6) is 0 Å². The molecule has 0 aliphatic carbocycles. The largest absolute Gasteiger partial charge is 0.471 e. The standard InChI is InChI=1S/C14H26F3NO3Si/c1-9-10(18-11(19)14(15,16)17)7-8-13(20-9,12(2,3)4)21-22(5)6/h9-10,22H,7-8H2,1-6H3,(H,18,19)/t9-,10-,13+/m0/s1. The van der Waals surface area contributed by atoms with E-state index in [-0.39, 0.29) is 5.41 Å². The first kappa shape index (κ1) is 19.4. The molecule has 0 aromatic heterocycles. The van der Waals surface area contributed by atoms with Gasteiger partial charge in [-0.2, -0.15) is 13.2 Å². The third kappa shape index (κ3) is 4.45. The number of rotatable bonds is 3. The van der Waals surface area contributed by atoms with Gasteiger partial charge in [0.05, 0.1) is 12.1 Å². The van der Waals surface area contributed by atoms with Crippen molar-refractivity contribution in [3.63, 3.8) is 0 Å². The Labute approximate surface area is 131 Å². The van der Waals surface area contributed by atoms with E-state index in [1.807, 2.05) is 39.2 Å². The lowest BCUT2D eigenvalue weighted by Gasteiger charge is -2.51. The number of alkyl halides is 3. The molecule has 1 aliphatic rings. The van der Waals surface area contributed by atoms with E-state index >= 15 is 0 Å². The first-order valence-corrected chi connectivity index (χ1v) is 10.3. The Morgan fingerprint density at radius 2 is 1.86 bits per heavy atom.